The van der Waals surface area contributed by atoms with E-state index >= 15 is 0 Å². The van der Waals surface area contributed by atoms with E-state index in [1.807, 2.05) is 13.1 Å². The van der Waals surface area contributed by atoms with Crippen LogP contribution < -0.4 is 4.74 Å². The Labute approximate surface area is 83.5 Å². The summed E-state index contributed by atoms with van der Waals surface area (Å²) in [6.07, 6.45) is 1.94. The number of benzene rings is 1. The topological polar surface area (TPSA) is 22.1 Å². The van der Waals surface area contributed by atoms with Gasteiger partial charge < -0.3 is 0 Å². The molecule has 0 N–H and O–H groups in total. The van der Waals surface area contributed by atoms with Gasteiger partial charge in [0.2, 0.25) is 0 Å². The number of nitrogens with zero attached hydrogens (tertiary/aromatic N) is 1. The van der Waals surface area contributed by atoms with Crippen molar-refractivity contribution < 1.29 is 4.74 Å². The summed E-state index contributed by atoms with van der Waals surface area (Å²) in [7, 11) is 0. The molecule has 0 fully saturated rings. The quantitative estimate of drug-likeness (QED) is 0.749. The van der Waals surface area contributed by atoms with Crippen LogP contribution >= 0.6 is 0 Å². The second-order valence-corrected chi connectivity index (χ2v) is 4.66. The fourth-order valence-electron chi connectivity index (χ4n) is 1.31. The molecule has 0 atom stereocenters. The first-order valence-electron chi connectivity index (χ1n) is 4.29. The molecule has 13 heavy (non-hydrogen) atoms. The van der Waals surface area contributed by atoms with Crippen LogP contribution in [-0.4, -0.2) is 25.3 Å². The molecule has 0 aliphatic heterocycles. The number of fused-ring (bicyclic) bond motifs is 1. The van der Waals surface area contributed by atoms with Gasteiger partial charge in [0.15, 0.2) is 0 Å². The molecule has 0 radical (unpaired) electrons. The molecule has 1 aromatic heterocycles. The average Bonchev–Trinajstić information content (AvgIpc) is 2.52. The Hall–Kier alpha value is -0.791. The molecule has 3 heteroatoms. The van der Waals surface area contributed by atoms with E-state index in [0.717, 1.165) is 12.4 Å². The first kappa shape index (κ1) is 8.79. The Morgan fingerprint density at radius 3 is 3.08 bits per heavy atom. The Morgan fingerprint density at radius 2 is 2.31 bits per heavy atom. The van der Waals surface area contributed by atoms with Crippen molar-refractivity contribution in [1.82, 2.24) is 3.98 Å². The molecule has 0 saturated heterocycles. The number of hydrogen-bond donors (Lipinski definition) is 0. The zero-order chi connectivity index (χ0) is 9.26. The minimum atomic E-state index is 0.296. The molecule has 1 aromatic carbocycles. The summed E-state index contributed by atoms with van der Waals surface area (Å²) in [6, 6.07) is 4.28. The van der Waals surface area contributed by atoms with Crippen molar-refractivity contribution in [3.63, 3.8) is 0 Å². The van der Waals surface area contributed by atoms with Gasteiger partial charge in [-0.3, -0.25) is 0 Å². The predicted molar refractivity (Wildman–Crippen MR) is 54.6 cm³/mol. The van der Waals surface area contributed by atoms with Crippen molar-refractivity contribution in [2.45, 2.75) is 13.8 Å². The van der Waals surface area contributed by atoms with Gasteiger partial charge in [-0.25, -0.2) is 0 Å². The maximum absolute atomic E-state index is 5.51. The van der Waals surface area contributed by atoms with Gasteiger partial charge in [0, 0.05) is 0 Å². The molecule has 2 aromatic rings. The number of rotatable bonds is 2. The predicted octanol–water partition coefficient (Wildman–Crippen LogP) is 2.00. The van der Waals surface area contributed by atoms with E-state index in [9.17, 15) is 0 Å². The van der Waals surface area contributed by atoms with Crippen LogP contribution in [0.25, 0.3) is 9.65 Å². The fourth-order valence-corrected chi connectivity index (χ4v) is 2.83. The van der Waals surface area contributed by atoms with Crippen molar-refractivity contribution in [2.75, 3.05) is 6.61 Å². The summed E-state index contributed by atoms with van der Waals surface area (Å²) in [6.45, 7) is 4.81. The Bertz CT molecular complexity index is 422. The maximum atomic E-state index is 5.51. The fraction of sp³-hybridized carbons (Fsp3) is 0.300. The first-order valence-corrected chi connectivity index (χ1v) is 5.91. The van der Waals surface area contributed by atoms with E-state index in [1.165, 1.54) is 15.2 Å². The van der Waals surface area contributed by atoms with Gasteiger partial charge in [-0.15, -0.1) is 0 Å². The molecule has 0 aliphatic carbocycles. The summed E-state index contributed by atoms with van der Waals surface area (Å²) in [5.74, 6) is 0.991. The molecule has 0 amide bonds. The third-order valence-electron chi connectivity index (χ3n) is 1.95. The third kappa shape index (κ3) is 1.62. The van der Waals surface area contributed by atoms with Crippen molar-refractivity contribution in [3.8, 4) is 5.75 Å². The van der Waals surface area contributed by atoms with Crippen LogP contribution in [0.5, 0.6) is 5.75 Å². The number of aromatic nitrogens is 1. The standard InChI is InChI=1S/C10H11NOSe/c1-3-12-9-5-8-6-11-13-10(8)4-7(9)2/h4-6H,3H2,1-2H3. The van der Waals surface area contributed by atoms with Gasteiger partial charge >= 0.3 is 83.2 Å². The van der Waals surface area contributed by atoms with Crippen molar-refractivity contribution in [2.24, 2.45) is 0 Å². The zero-order valence-electron chi connectivity index (χ0n) is 7.70. The average molecular weight is 240 g/mol. The van der Waals surface area contributed by atoms with Gasteiger partial charge in [0.05, 0.1) is 0 Å². The molecule has 68 valence electrons. The molecule has 0 bridgehead atoms. The van der Waals surface area contributed by atoms with Gasteiger partial charge in [-0.05, 0) is 0 Å². The van der Waals surface area contributed by atoms with Crippen molar-refractivity contribution in [3.05, 3.63) is 23.9 Å². The second kappa shape index (κ2) is 3.52. The molecule has 0 saturated carbocycles. The summed E-state index contributed by atoms with van der Waals surface area (Å²) >= 11 is 0.296. The van der Waals surface area contributed by atoms with E-state index in [1.54, 1.807) is 0 Å². The van der Waals surface area contributed by atoms with Crippen LogP contribution in [0.3, 0.4) is 0 Å². The van der Waals surface area contributed by atoms with Crippen LogP contribution in [0.4, 0.5) is 0 Å². The molecule has 0 unspecified atom stereocenters. The third-order valence-corrected chi connectivity index (χ3v) is 3.55. The second-order valence-electron chi connectivity index (χ2n) is 2.91. The first-order chi connectivity index (χ1) is 6.31. The summed E-state index contributed by atoms with van der Waals surface area (Å²) in [5, 5.41) is 1.23. The van der Waals surface area contributed by atoms with E-state index in [4.69, 9.17) is 4.74 Å². The van der Waals surface area contributed by atoms with Gasteiger partial charge in [0.25, 0.3) is 0 Å². The molecule has 0 spiro atoms. The van der Waals surface area contributed by atoms with Crippen LogP contribution in [0.2, 0.25) is 0 Å². The summed E-state index contributed by atoms with van der Waals surface area (Å²) in [4.78, 5) is 0. The monoisotopic (exact) mass is 241 g/mol. The Balaban J connectivity index is 2.56. The van der Waals surface area contributed by atoms with Gasteiger partial charge in [-0.2, -0.15) is 0 Å². The van der Waals surface area contributed by atoms with Crippen molar-refractivity contribution >= 4 is 24.4 Å². The summed E-state index contributed by atoms with van der Waals surface area (Å²) in [5.41, 5.74) is 1.22. The molecule has 2 nitrogen and oxygen atoms in total. The molecule has 2 rings (SSSR count). The van der Waals surface area contributed by atoms with E-state index in [-0.39, 0.29) is 0 Å². The van der Waals surface area contributed by atoms with E-state index in [2.05, 4.69) is 23.0 Å². The molecule has 1 heterocycles. The van der Waals surface area contributed by atoms with E-state index in [0.29, 0.717) is 14.7 Å². The zero-order valence-corrected chi connectivity index (χ0v) is 9.42. The molecular weight excluding hydrogens is 229 g/mol. The minimum absolute atomic E-state index is 0.296. The Morgan fingerprint density at radius 1 is 1.46 bits per heavy atom. The van der Waals surface area contributed by atoms with Crippen molar-refractivity contribution in [1.29, 1.82) is 0 Å². The number of ether oxygens (including phenoxy) is 1. The Kier molecular flexibility index (Phi) is 2.38. The van der Waals surface area contributed by atoms with Crippen LogP contribution in [-0.2, 0) is 0 Å². The SMILES string of the molecule is CCOc1cc2cn[se]c2cc1C. The van der Waals surface area contributed by atoms with Crippen LogP contribution in [0.1, 0.15) is 12.5 Å². The van der Waals surface area contributed by atoms with E-state index < -0.39 is 0 Å². The number of hydrogen-bond acceptors (Lipinski definition) is 2. The number of aryl methyl sites for hydroxylation is 1. The molecular formula is C10H11NOSe. The normalized spacial score (nSPS) is 10.6. The van der Waals surface area contributed by atoms with Gasteiger partial charge in [0.1, 0.15) is 0 Å². The van der Waals surface area contributed by atoms with Gasteiger partial charge in [-0.1, -0.05) is 0 Å². The van der Waals surface area contributed by atoms with Crippen LogP contribution in [0, 0.1) is 6.92 Å². The van der Waals surface area contributed by atoms with Crippen LogP contribution in [0.15, 0.2) is 18.3 Å². The summed E-state index contributed by atoms with van der Waals surface area (Å²) < 4.78 is 11.2. The molecule has 0 aliphatic rings.